The molecular formula is C13H27N3O4S. The number of rotatable bonds is 9. The highest BCUT2D eigenvalue weighted by Gasteiger charge is 2.22. The molecule has 1 heterocycles. The second kappa shape index (κ2) is 9.34. The zero-order chi connectivity index (χ0) is 15.7. The van der Waals surface area contributed by atoms with Gasteiger partial charge in [-0.05, 0) is 32.7 Å². The topological polar surface area (TPSA) is 96.5 Å². The molecule has 1 saturated heterocycles. The second-order valence-corrected chi connectivity index (χ2v) is 7.25. The number of hydrogen-bond acceptors (Lipinski definition) is 5. The highest BCUT2D eigenvalue weighted by atomic mass is 32.2. The Bertz CT molecular complexity index is 408. The summed E-state index contributed by atoms with van der Waals surface area (Å²) in [5.41, 5.74) is 0. The van der Waals surface area contributed by atoms with Crippen LogP contribution < -0.4 is 15.4 Å². The van der Waals surface area contributed by atoms with Crippen LogP contribution in [0.4, 0.5) is 0 Å². The van der Waals surface area contributed by atoms with Crippen LogP contribution in [0.3, 0.4) is 0 Å². The Labute approximate surface area is 127 Å². The van der Waals surface area contributed by atoms with Crippen LogP contribution in [0.25, 0.3) is 0 Å². The molecule has 0 saturated carbocycles. The summed E-state index contributed by atoms with van der Waals surface area (Å²) < 4.78 is 31.2. The third-order valence-electron chi connectivity index (χ3n) is 3.50. The monoisotopic (exact) mass is 321 g/mol. The van der Waals surface area contributed by atoms with Crippen molar-refractivity contribution in [2.45, 2.75) is 44.7 Å². The molecule has 0 bridgehead atoms. The number of nitrogens with one attached hydrogen (secondary N) is 3. The largest absolute Gasteiger partial charge is 0.383 e. The van der Waals surface area contributed by atoms with Crippen molar-refractivity contribution in [2.24, 2.45) is 0 Å². The molecule has 0 aromatic heterocycles. The van der Waals surface area contributed by atoms with Gasteiger partial charge in [0.2, 0.25) is 15.9 Å². The minimum atomic E-state index is -3.44. The lowest BCUT2D eigenvalue weighted by Crippen LogP contribution is -2.46. The van der Waals surface area contributed by atoms with Crippen LogP contribution in [0.1, 0.15) is 32.6 Å². The third kappa shape index (κ3) is 7.75. The average molecular weight is 321 g/mol. The molecule has 0 radical (unpaired) electrons. The lowest BCUT2D eigenvalue weighted by Gasteiger charge is -2.23. The quantitative estimate of drug-likeness (QED) is 0.502. The summed E-state index contributed by atoms with van der Waals surface area (Å²) in [5, 5.41) is 5.92. The number of carbonyl (C=O) groups excluding carboxylic acids is 1. The van der Waals surface area contributed by atoms with Gasteiger partial charge in [0.15, 0.2) is 0 Å². The number of sulfonamides is 1. The van der Waals surface area contributed by atoms with E-state index >= 15 is 0 Å². The van der Waals surface area contributed by atoms with E-state index in [0.29, 0.717) is 19.6 Å². The molecule has 1 rings (SSSR count). The van der Waals surface area contributed by atoms with Crippen molar-refractivity contribution >= 4 is 15.9 Å². The van der Waals surface area contributed by atoms with Crippen LogP contribution >= 0.6 is 0 Å². The Kier molecular flexibility index (Phi) is 8.16. The molecule has 0 aromatic rings. The van der Waals surface area contributed by atoms with Gasteiger partial charge in [0.1, 0.15) is 0 Å². The van der Waals surface area contributed by atoms with Crippen molar-refractivity contribution in [3.05, 3.63) is 0 Å². The molecule has 0 aliphatic carbocycles. The minimum Gasteiger partial charge on any atom is -0.383 e. The maximum Gasteiger partial charge on any atom is 0.237 e. The fourth-order valence-corrected chi connectivity index (χ4v) is 3.64. The molecule has 0 aromatic carbocycles. The first kappa shape index (κ1) is 18.3. The summed E-state index contributed by atoms with van der Waals surface area (Å²) in [6.45, 7) is 3.26. The van der Waals surface area contributed by atoms with Crippen molar-refractivity contribution in [2.75, 3.05) is 32.6 Å². The molecule has 1 amide bonds. The maximum absolute atomic E-state index is 12.0. The number of carbonyl (C=O) groups is 1. The van der Waals surface area contributed by atoms with Crippen molar-refractivity contribution in [3.63, 3.8) is 0 Å². The summed E-state index contributed by atoms with van der Waals surface area (Å²) in [7, 11) is -1.90. The van der Waals surface area contributed by atoms with Gasteiger partial charge in [-0.25, -0.2) is 13.1 Å². The zero-order valence-electron chi connectivity index (χ0n) is 12.9. The second-order valence-electron chi connectivity index (χ2n) is 5.38. The Balaban J connectivity index is 2.31. The zero-order valence-corrected chi connectivity index (χ0v) is 13.7. The average Bonchev–Trinajstić information content (AvgIpc) is 2.46. The van der Waals surface area contributed by atoms with Gasteiger partial charge in [-0.2, -0.15) is 0 Å². The molecule has 2 unspecified atom stereocenters. The summed E-state index contributed by atoms with van der Waals surface area (Å²) in [5.74, 6) is -0.299. The molecular weight excluding hydrogens is 294 g/mol. The molecule has 1 fully saturated rings. The van der Waals surface area contributed by atoms with Gasteiger partial charge in [-0.1, -0.05) is 6.42 Å². The highest BCUT2D eigenvalue weighted by Crippen LogP contribution is 2.10. The van der Waals surface area contributed by atoms with E-state index in [-0.39, 0.29) is 17.7 Å². The van der Waals surface area contributed by atoms with Gasteiger partial charge in [0, 0.05) is 19.7 Å². The predicted molar refractivity (Wildman–Crippen MR) is 81.5 cm³/mol. The summed E-state index contributed by atoms with van der Waals surface area (Å²) in [6.07, 6.45) is 3.89. The molecule has 8 heteroatoms. The van der Waals surface area contributed by atoms with Crippen molar-refractivity contribution in [1.82, 2.24) is 15.4 Å². The molecule has 1 aliphatic heterocycles. The summed E-state index contributed by atoms with van der Waals surface area (Å²) >= 11 is 0. The van der Waals surface area contributed by atoms with E-state index in [1.807, 2.05) is 0 Å². The van der Waals surface area contributed by atoms with E-state index in [0.717, 1.165) is 25.8 Å². The smallest absolute Gasteiger partial charge is 0.237 e. The van der Waals surface area contributed by atoms with Gasteiger partial charge in [0.05, 0.1) is 18.4 Å². The first-order chi connectivity index (χ1) is 9.94. The van der Waals surface area contributed by atoms with Crippen LogP contribution in [-0.2, 0) is 19.6 Å². The van der Waals surface area contributed by atoms with Crippen LogP contribution in [0, 0.1) is 0 Å². The molecule has 3 N–H and O–H groups in total. The lowest BCUT2D eigenvalue weighted by molar-refractivity contribution is -0.122. The first-order valence-electron chi connectivity index (χ1n) is 7.44. The Morgan fingerprint density at radius 1 is 1.43 bits per heavy atom. The molecule has 2 atom stereocenters. The van der Waals surface area contributed by atoms with E-state index in [9.17, 15) is 13.2 Å². The predicted octanol–water partition coefficient (Wildman–Crippen LogP) is -0.411. The van der Waals surface area contributed by atoms with Crippen LogP contribution in [0.2, 0.25) is 0 Å². The van der Waals surface area contributed by atoms with Gasteiger partial charge < -0.3 is 15.4 Å². The van der Waals surface area contributed by atoms with Gasteiger partial charge >= 0.3 is 0 Å². The Morgan fingerprint density at radius 2 is 2.19 bits per heavy atom. The molecule has 21 heavy (non-hydrogen) atoms. The van der Waals surface area contributed by atoms with E-state index in [4.69, 9.17) is 4.74 Å². The van der Waals surface area contributed by atoms with Crippen molar-refractivity contribution < 1.29 is 17.9 Å². The van der Waals surface area contributed by atoms with Gasteiger partial charge in [-0.3, -0.25) is 4.79 Å². The van der Waals surface area contributed by atoms with Crippen LogP contribution in [-0.4, -0.2) is 59.0 Å². The first-order valence-corrected chi connectivity index (χ1v) is 9.10. The normalized spacial score (nSPS) is 21.0. The maximum atomic E-state index is 12.0. The molecule has 124 valence electrons. The molecule has 1 aliphatic rings. The van der Waals surface area contributed by atoms with Gasteiger partial charge in [-0.15, -0.1) is 0 Å². The van der Waals surface area contributed by atoms with Gasteiger partial charge in [0.25, 0.3) is 0 Å². The number of ether oxygens (including phenoxy) is 1. The van der Waals surface area contributed by atoms with Crippen molar-refractivity contribution in [1.29, 1.82) is 0 Å². The number of piperidine rings is 1. The molecule has 0 spiro atoms. The fourth-order valence-electron chi connectivity index (χ4n) is 2.28. The number of hydrogen-bond donors (Lipinski definition) is 3. The van der Waals surface area contributed by atoms with E-state index in [2.05, 4.69) is 15.4 Å². The van der Waals surface area contributed by atoms with Crippen molar-refractivity contribution in [3.8, 4) is 0 Å². The van der Waals surface area contributed by atoms with E-state index < -0.39 is 16.1 Å². The fraction of sp³-hybridized carbons (Fsp3) is 0.923. The Hall–Kier alpha value is -0.700. The number of methoxy groups -OCH3 is 1. The van der Waals surface area contributed by atoms with E-state index in [1.165, 1.54) is 7.11 Å². The summed E-state index contributed by atoms with van der Waals surface area (Å²) in [4.78, 5) is 11.7. The number of amides is 1. The van der Waals surface area contributed by atoms with E-state index in [1.54, 1.807) is 6.92 Å². The lowest BCUT2D eigenvalue weighted by atomic mass is 10.0. The minimum absolute atomic E-state index is 0.0420. The molecule has 7 nitrogen and oxygen atoms in total. The Morgan fingerprint density at radius 3 is 2.81 bits per heavy atom. The SMILES string of the molecule is COCCNC(=O)C(C)NS(=O)(=O)CCC1CCCCN1. The standard InChI is InChI=1S/C13H27N3O4S/c1-11(13(17)15-8-9-20-2)16-21(18,19)10-6-12-5-3-4-7-14-12/h11-12,14,16H,3-10H2,1-2H3,(H,15,17). The summed E-state index contributed by atoms with van der Waals surface area (Å²) in [6, 6.07) is -0.507. The van der Waals surface area contributed by atoms with Crippen LogP contribution in [0.15, 0.2) is 0 Å². The highest BCUT2D eigenvalue weighted by molar-refractivity contribution is 7.89. The third-order valence-corrected chi connectivity index (χ3v) is 4.99. The van der Waals surface area contributed by atoms with Crippen LogP contribution in [0.5, 0.6) is 0 Å².